The molecule has 0 aliphatic rings. The van der Waals surface area contributed by atoms with E-state index >= 15 is 0 Å². The fraction of sp³-hybridized carbons (Fsp3) is 0.286. The van der Waals surface area contributed by atoms with Gasteiger partial charge in [0.25, 0.3) is 0 Å². The molecule has 0 atom stereocenters. The molecule has 1 aromatic heterocycles. The number of halogens is 1. The summed E-state index contributed by atoms with van der Waals surface area (Å²) in [5.41, 5.74) is 3.09. The summed E-state index contributed by atoms with van der Waals surface area (Å²) in [6, 6.07) is 12.4. The predicted molar refractivity (Wildman–Crippen MR) is 106 cm³/mol. The van der Waals surface area contributed by atoms with Crippen LogP contribution in [0.25, 0.3) is 10.9 Å². The highest BCUT2D eigenvalue weighted by molar-refractivity contribution is 6.02. The third-order valence-electron chi connectivity index (χ3n) is 4.50. The minimum absolute atomic E-state index is 0.0114. The number of aromatic amines is 1. The Morgan fingerprint density at radius 2 is 1.92 bits per heavy atom. The number of H-pyrrole nitrogens is 1. The largest absolute Gasteiger partial charge is 0.494 e. The molecule has 0 unspecified atom stereocenters. The van der Waals surface area contributed by atoms with Gasteiger partial charge in [-0.2, -0.15) is 0 Å². The summed E-state index contributed by atoms with van der Waals surface area (Å²) in [7, 11) is 0. The highest BCUT2D eigenvalue weighted by Crippen LogP contribution is 2.27. The van der Waals surface area contributed by atoms with E-state index in [0.29, 0.717) is 11.1 Å². The Hall–Kier alpha value is -2.82. The first kappa shape index (κ1) is 18.0. The van der Waals surface area contributed by atoms with Crippen molar-refractivity contribution in [3.05, 3.63) is 53.8 Å². The molecule has 0 aliphatic carbocycles. The number of aliphatic imine (C=N–C) groups is 1. The maximum atomic E-state index is 13.3. The summed E-state index contributed by atoms with van der Waals surface area (Å²) in [4.78, 5) is 9.57. The van der Waals surface area contributed by atoms with Crippen LogP contribution >= 0.6 is 0 Å². The second-order valence-electron chi connectivity index (χ2n) is 6.29. The van der Waals surface area contributed by atoms with Gasteiger partial charge in [0.2, 0.25) is 0 Å². The van der Waals surface area contributed by atoms with Crippen LogP contribution < -0.4 is 4.90 Å². The van der Waals surface area contributed by atoms with Gasteiger partial charge in [-0.1, -0.05) is 13.3 Å². The monoisotopic (exact) mass is 353 g/mol. The molecule has 3 aromatic rings. The SMILES string of the molecule is CCCCN(CC)c1ccc(N=Cc2c(O)[nH]c3cc(F)ccc23)cc1. The van der Waals surface area contributed by atoms with E-state index in [9.17, 15) is 9.50 Å². The Morgan fingerprint density at radius 3 is 2.62 bits per heavy atom. The molecule has 0 aliphatic heterocycles. The van der Waals surface area contributed by atoms with Crippen molar-refractivity contribution in [3.8, 4) is 5.88 Å². The zero-order chi connectivity index (χ0) is 18.5. The predicted octanol–water partition coefficient (Wildman–Crippen LogP) is 5.39. The molecule has 2 N–H and O–H groups in total. The number of hydrogen-bond acceptors (Lipinski definition) is 3. The molecule has 0 saturated heterocycles. The molecule has 5 heteroatoms. The Labute approximate surface area is 153 Å². The van der Waals surface area contributed by atoms with Crippen LogP contribution in [0, 0.1) is 5.82 Å². The lowest BCUT2D eigenvalue weighted by Crippen LogP contribution is -2.23. The maximum absolute atomic E-state index is 13.3. The first-order chi connectivity index (χ1) is 12.6. The van der Waals surface area contributed by atoms with Gasteiger partial charge >= 0.3 is 0 Å². The lowest BCUT2D eigenvalue weighted by Gasteiger charge is -2.22. The van der Waals surface area contributed by atoms with E-state index in [-0.39, 0.29) is 11.7 Å². The summed E-state index contributed by atoms with van der Waals surface area (Å²) >= 11 is 0. The lowest BCUT2D eigenvalue weighted by molar-refractivity contribution is 0.457. The third-order valence-corrected chi connectivity index (χ3v) is 4.50. The van der Waals surface area contributed by atoms with Gasteiger partial charge in [0.05, 0.1) is 16.8 Å². The van der Waals surface area contributed by atoms with Gasteiger partial charge in [-0.15, -0.1) is 0 Å². The van der Waals surface area contributed by atoms with Crippen molar-refractivity contribution in [3.63, 3.8) is 0 Å². The molecule has 0 spiro atoms. The van der Waals surface area contributed by atoms with Gasteiger partial charge in [0, 0.05) is 30.4 Å². The highest BCUT2D eigenvalue weighted by Gasteiger charge is 2.09. The average Bonchev–Trinajstić information content (AvgIpc) is 2.95. The van der Waals surface area contributed by atoms with Crippen molar-refractivity contribution in [1.29, 1.82) is 0 Å². The lowest BCUT2D eigenvalue weighted by atomic mass is 10.2. The molecule has 0 radical (unpaired) electrons. The van der Waals surface area contributed by atoms with E-state index in [0.717, 1.165) is 24.2 Å². The molecule has 2 aromatic carbocycles. The zero-order valence-electron chi connectivity index (χ0n) is 15.2. The van der Waals surface area contributed by atoms with E-state index in [1.54, 1.807) is 12.3 Å². The van der Waals surface area contributed by atoms with E-state index in [1.165, 1.54) is 30.7 Å². The van der Waals surface area contributed by atoms with E-state index in [2.05, 4.69) is 40.9 Å². The van der Waals surface area contributed by atoms with Gasteiger partial charge in [-0.25, -0.2) is 4.39 Å². The Kier molecular flexibility index (Phi) is 5.56. The standard InChI is InChI=1S/C21H24FN3O/c1-3-5-12-25(4-2)17-9-7-16(8-10-17)23-14-19-18-11-6-15(22)13-20(18)24-21(19)26/h6-11,13-14,24,26H,3-5,12H2,1-2H3. The van der Waals surface area contributed by atoms with Crippen molar-refractivity contribution in [1.82, 2.24) is 4.98 Å². The average molecular weight is 353 g/mol. The van der Waals surface area contributed by atoms with Crippen molar-refractivity contribution in [2.24, 2.45) is 4.99 Å². The first-order valence-corrected chi connectivity index (χ1v) is 9.01. The van der Waals surface area contributed by atoms with Crippen LogP contribution in [-0.2, 0) is 0 Å². The van der Waals surface area contributed by atoms with Crippen LogP contribution in [0.4, 0.5) is 15.8 Å². The smallest absolute Gasteiger partial charge is 0.198 e. The fourth-order valence-corrected chi connectivity index (χ4v) is 3.02. The quantitative estimate of drug-likeness (QED) is 0.560. The number of anilines is 1. The molecule has 1 heterocycles. The van der Waals surface area contributed by atoms with E-state index in [4.69, 9.17) is 0 Å². The third kappa shape index (κ3) is 3.87. The van der Waals surface area contributed by atoms with Crippen LogP contribution in [0.5, 0.6) is 5.88 Å². The number of fused-ring (bicyclic) bond motifs is 1. The number of aromatic hydroxyl groups is 1. The molecule has 3 rings (SSSR count). The second-order valence-corrected chi connectivity index (χ2v) is 6.29. The molecule has 136 valence electrons. The normalized spacial score (nSPS) is 11.5. The van der Waals surface area contributed by atoms with Crippen LogP contribution in [0.2, 0.25) is 0 Å². The molecule has 0 saturated carbocycles. The summed E-state index contributed by atoms with van der Waals surface area (Å²) < 4.78 is 13.3. The number of rotatable bonds is 7. The maximum Gasteiger partial charge on any atom is 0.198 e. The van der Waals surface area contributed by atoms with Crippen molar-refractivity contribution in [2.45, 2.75) is 26.7 Å². The topological polar surface area (TPSA) is 51.6 Å². The van der Waals surface area contributed by atoms with Gasteiger partial charge in [-0.05, 0) is 55.8 Å². The minimum atomic E-state index is -0.346. The fourth-order valence-electron chi connectivity index (χ4n) is 3.02. The van der Waals surface area contributed by atoms with Crippen LogP contribution in [-0.4, -0.2) is 29.4 Å². The van der Waals surface area contributed by atoms with Gasteiger partial charge in [-0.3, -0.25) is 4.99 Å². The van der Waals surface area contributed by atoms with Crippen LogP contribution in [0.3, 0.4) is 0 Å². The van der Waals surface area contributed by atoms with Crippen LogP contribution in [0.15, 0.2) is 47.5 Å². The summed E-state index contributed by atoms with van der Waals surface area (Å²) in [5, 5.41) is 10.8. The van der Waals surface area contributed by atoms with E-state index in [1.807, 2.05) is 12.1 Å². The molecule has 26 heavy (non-hydrogen) atoms. The number of benzene rings is 2. The number of hydrogen-bond donors (Lipinski definition) is 2. The van der Waals surface area contributed by atoms with Gasteiger partial charge in [0.15, 0.2) is 5.88 Å². The summed E-state index contributed by atoms with van der Waals surface area (Å²) in [5.74, 6) is -0.357. The van der Waals surface area contributed by atoms with Crippen molar-refractivity contribution >= 4 is 28.5 Å². The molecular weight excluding hydrogens is 329 g/mol. The van der Waals surface area contributed by atoms with Crippen molar-refractivity contribution < 1.29 is 9.50 Å². The Bertz CT molecular complexity index is 900. The number of nitrogens with zero attached hydrogens (tertiary/aromatic N) is 2. The molecule has 0 amide bonds. The molecule has 0 fully saturated rings. The van der Waals surface area contributed by atoms with Gasteiger partial charge < -0.3 is 15.0 Å². The van der Waals surface area contributed by atoms with E-state index < -0.39 is 0 Å². The van der Waals surface area contributed by atoms with Gasteiger partial charge in [0.1, 0.15) is 5.82 Å². The van der Waals surface area contributed by atoms with Crippen molar-refractivity contribution in [2.75, 3.05) is 18.0 Å². The Morgan fingerprint density at radius 1 is 1.15 bits per heavy atom. The molecule has 4 nitrogen and oxygen atoms in total. The summed E-state index contributed by atoms with van der Waals surface area (Å²) in [6.45, 7) is 6.38. The second kappa shape index (κ2) is 8.04. The number of nitrogens with one attached hydrogen (secondary N) is 1. The number of aromatic nitrogens is 1. The summed E-state index contributed by atoms with van der Waals surface area (Å²) in [6.07, 6.45) is 3.96. The first-order valence-electron chi connectivity index (χ1n) is 9.01. The molecule has 0 bridgehead atoms. The zero-order valence-corrected chi connectivity index (χ0v) is 15.2. The molecular formula is C21H24FN3O. The van der Waals surface area contributed by atoms with Crippen LogP contribution in [0.1, 0.15) is 32.3 Å². The Balaban J connectivity index is 1.80. The highest BCUT2D eigenvalue weighted by atomic mass is 19.1. The minimum Gasteiger partial charge on any atom is -0.494 e. The number of unbranched alkanes of at least 4 members (excludes halogenated alkanes) is 1.